The molecule has 2 N–H and O–H groups in total. The number of rotatable bonds is 8. The Hall–Kier alpha value is -3.41. The molecule has 2 aliphatic heterocycles. The molecule has 42 heavy (non-hydrogen) atoms. The zero-order valence-electron chi connectivity index (χ0n) is 24.4. The van der Waals surface area contributed by atoms with Crippen molar-refractivity contribution in [1.82, 2.24) is 20.0 Å². The van der Waals surface area contributed by atoms with E-state index in [1.165, 1.54) is 37.8 Å². The van der Waals surface area contributed by atoms with Crippen LogP contribution in [0, 0.1) is 5.41 Å². The van der Waals surface area contributed by atoms with E-state index in [9.17, 15) is 18.7 Å². The third kappa shape index (κ3) is 6.63. The van der Waals surface area contributed by atoms with Crippen molar-refractivity contribution < 1.29 is 18.7 Å². The summed E-state index contributed by atoms with van der Waals surface area (Å²) in [6, 6.07) is 9.07. The first-order valence-electron chi connectivity index (χ1n) is 14.8. The number of aromatic nitrogens is 4. The molecule has 0 radical (unpaired) electrons. The number of carboxylic acid groups (broad SMARTS) is 1. The second-order valence-electron chi connectivity index (χ2n) is 11.0. The Morgan fingerprint density at radius 3 is 2.29 bits per heavy atom. The van der Waals surface area contributed by atoms with Crippen LogP contribution in [-0.2, 0) is 0 Å². The number of halogens is 2. The Labute approximate surface area is 249 Å². The molecule has 0 atom stereocenters. The molecular formula is C30H39F2N7O2S. The highest BCUT2D eigenvalue weighted by Crippen LogP contribution is 2.54. The predicted molar refractivity (Wildman–Crippen MR) is 164 cm³/mol. The van der Waals surface area contributed by atoms with E-state index in [0.29, 0.717) is 22.6 Å². The largest absolute Gasteiger partial charge is 0.478 e. The molecule has 3 fully saturated rings. The lowest BCUT2D eigenvalue weighted by atomic mass is 9.93. The third-order valence-electron chi connectivity index (χ3n) is 8.31. The number of anilines is 3. The summed E-state index contributed by atoms with van der Waals surface area (Å²) in [4.78, 5) is 20.7. The lowest BCUT2D eigenvalue weighted by molar-refractivity contribution is -0.0221. The number of carboxylic acids is 1. The quantitative estimate of drug-likeness (QED) is 0.272. The number of aromatic carboxylic acids is 1. The summed E-state index contributed by atoms with van der Waals surface area (Å²) in [5, 5.41) is 18.5. The molecule has 2 aromatic heterocycles. The van der Waals surface area contributed by atoms with E-state index in [1.54, 1.807) is 27.7 Å². The van der Waals surface area contributed by atoms with E-state index in [1.807, 2.05) is 26.0 Å². The van der Waals surface area contributed by atoms with Crippen molar-refractivity contribution in [2.45, 2.75) is 65.2 Å². The maximum Gasteiger partial charge on any atom is 0.335 e. The fourth-order valence-electron chi connectivity index (χ4n) is 5.58. The lowest BCUT2D eigenvalue weighted by Gasteiger charge is -2.35. The average molecular weight is 600 g/mol. The zero-order chi connectivity index (χ0) is 29.9. The standard InChI is InChI=1S/C28H33F2N7O2S.C2H6/c1-2-40-33-20-3-4-23(24(17-20)35-11-7-27(5-6-27)8-12-35)37-18-22(32-34-37)21-15-19(26(38)39)16-25(31-21)36-13-9-28(29,30)10-14-36;1-2/h3-4,15-18,33H,2,5-14H2,1H3,(H,38,39);1-2H3. The number of carbonyl (C=O) groups is 1. The number of alkyl halides is 2. The molecule has 1 aliphatic carbocycles. The highest BCUT2D eigenvalue weighted by molar-refractivity contribution is 8.00. The zero-order valence-corrected chi connectivity index (χ0v) is 25.3. The van der Waals surface area contributed by atoms with Crippen LogP contribution < -0.4 is 14.5 Å². The second-order valence-corrected chi connectivity index (χ2v) is 12.1. The van der Waals surface area contributed by atoms with Gasteiger partial charge in [0.1, 0.15) is 11.5 Å². The Balaban J connectivity index is 0.00000173. The second kappa shape index (κ2) is 12.4. The molecule has 2 saturated heterocycles. The maximum atomic E-state index is 13.7. The van der Waals surface area contributed by atoms with Crippen molar-refractivity contribution in [2.75, 3.05) is 46.5 Å². The van der Waals surface area contributed by atoms with Crippen molar-refractivity contribution in [3.63, 3.8) is 0 Å². The highest BCUT2D eigenvalue weighted by Gasteiger charge is 2.44. The van der Waals surface area contributed by atoms with Crippen molar-refractivity contribution in [2.24, 2.45) is 5.41 Å². The summed E-state index contributed by atoms with van der Waals surface area (Å²) in [5.74, 6) is -2.53. The summed E-state index contributed by atoms with van der Waals surface area (Å²) in [7, 11) is 0. The van der Waals surface area contributed by atoms with Gasteiger partial charge in [-0.3, -0.25) is 0 Å². The van der Waals surface area contributed by atoms with E-state index in [4.69, 9.17) is 0 Å². The van der Waals surface area contributed by atoms with Crippen LogP contribution in [0.2, 0.25) is 0 Å². The van der Waals surface area contributed by atoms with Gasteiger partial charge < -0.3 is 19.6 Å². The van der Waals surface area contributed by atoms with Crippen LogP contribution in [0.4, 0.5) is 26.0 Å². The molecule has 0 unspecified atom stereocenters. The minimum atomic E-state index is -2.71. The monoisotopic (exact) mass is 599 g/mol. The van der Waals surface area contributed by atoms with Crippen molar-refractivity contribution in [3.8, 4) is 17.1 Å². The third-order valence-corrected chi connectivity index (χ3v) is 8.98. The van der Waals surface area contributed by atoms with E-state index < -0.39 is 11.9 Å². The van der Waals surface area contributed by atoms with E-state index >= 15 is 0 Å². The van der Waals surface area contributed by atoms with Gasteiger partial charge in [0.15, 0.2) is 0 Å². The molecule has 0 bridgehead atoms. The van der Waals surface area contributed by atoms with Crippen LogP contribution in [-0.4, -0.2) is 68.9 Å². The van der Waals surface area contributed by atoms with Crippen LogP contribution in [0.3, 0.4) is 0 Å². The van der Waals surface area contributed by atoms with Crippen molar-refractivity contribution >= 4 is 35.1 Å². The number of piperidine rings is 2. The van der Waals surface area contributed by atoms with Gasteiger partial charge in [-0.25, -0.2) is 23.2 Å². The molecule has 3 aliphatic rings. The lowest BCUT2D eigenvalue weighted by Crippen LogP contribution is -2.39. The number of benzene rings is 1. The Morgan fingerprint density at radius 2 is 1.64 bits per heavy atom. The van der Waals surface area contributed by atoms with Gasteiger partial charge in [0, 0.05) is 50.5 Å². The Morgan fingerprint density at radius 1 is 0.952 bits per heavy atom. The number of hydrogen-bond acceptors (Lipinski definition) is 8. The first-order chi connectivity index (χ1) is 20.2. The smallest absolute Gasteiger partial charge is 0.335 e. The number of nitrogens with one attached hydrogen (secondary N) is 1. The molecule has 3 aromatic rings. The Kier molecular flexibility index (Phi) is 8.91. The highest BCUT2D eigenvalue weighted by atomic mass is 32.2. The topological polar surface area (TPSA) is 99.4 Å². The molecule has 0 amide bonds. The van der Waals surface area contributed by atoms with Crippen LogP contribution >= 0.6 is 11.9 Å². The summed E-state index contributed by atoms with van der Waals surface area (Å²) < 4.78 is 32.6. The molecule has 12 heteroatoms. The average Bonchev–Trinajstić information content (AvgIpc) is 3.56. The van der Waals surface area contributed by atoms with Crippen LogP contribution in [0.25, 0.3) is 17.1 Å². The number of pyridine rings is 1. The molecular weight excluding hydrogens is 560 g/mol. The normalized spacial score (nSPS) is 18.8. The summed E-state index contributed by atoms with van der Waals surface area (Å²) in [5.41, 5.74) is 4.29. The Bertz CT molecular complexity index is 1390. The van der Waals surface area contributed by atoms with Gasteiger partial charge in [0.2, 0.25) is 0 Å². The van der Waals surface area contributed by atoms with Crippen molar-refractivity contribution in [3.05, 3.63) is 42.1 Å². The van der Waals surface area contributed by atoms with Gasteiger partial charge in [-0.05, 0) is 61.4 Å². The minimum Gasteiger partial charge on any atom is -0.478 e. The fourth-order valence-corrected chi connectivity index (χ4v) is 6.02. The summed E-state index contributed by atoms with van der Waals surface area (Å²) in [6.07, 6.45) is 6.21. The molecule has 4 heterocycles. The van der Waals surface area contributed by atoms with Crippen molar-refractivity contribution in [1.29, 1.82) is 0 Å². The van der Waals surface area contributed by atoms with Crippen LogP contribution in [0.15, 0.2) is 36.5 Å². The number of nitrogens with zero attached hydrogens (tertiary/aromatic N) is 6. The van der Waals surface area contributed by atoms with E-state index in [0.717, 1.165) is 35.9 Å². The van der Waals surface area contributed by atoms with Gasteiger partial charge in [-0.1, -0.05) is 37.9 Å². The van der Waals surface area contributed by atoms with Gasteiger partial charge in [0.05, 0.1) is 28.8 Å². The molecule has 9 nitrogen and oxygen atoms in total. The minimum absolute atomic E-state index is 0.0266. The van der Waals surface area contributed by atoms with Gasteiger partial charge >= 0.3 is 5.97 Å². The first kappa shape index (κ1) is 30.1. The van der Waals surface area contributed by atoms with Crippen LogP contribution in [0.1, 0.15) is 69.7 Å². The molecule has 1 saturated carbocycles. The SMILES string of the molecule is CC.CCSNc1ccc(-n2cc(-c3cc(C(=O)O)cc(N4CCC(F)(F)CC4)n3)nn2)c(N2CCC3(CC2)CC3)c1. The summed E-state index contributed by atoms with van der Waals surface area (Å²) >= 11 is 1.64. The summed E-state index contributed by atoms with van der Waals surface area (Å²) in [6.45, 7) is 8.28. The predicted octanol–water partition coefficient (Wildman–Crippen LogP) is 6.75. The van der Waals surface area contributed by atoms with Gasteiger partial charge in [-0.15, -0.1) is 5.10 Å². The molecule has 226 valence electrons. The van der Waals surface area contributed by atoms with Gasteiger partial charge in [0.25, 0.3) is 5.92 Å². The fraction of sp³-hybridized carbons (Fsp3) is 0.533. The van der Waals surface area contributed by atoms with E-state index in [2.05, 4.69) is 37.9 Å². The maximum absolute atomic E-state index is 13.7. The van der Waals surface area contributed by atoms with Gasteiger partial charge in [-0.2, -0.15) is 0 Å². The molecule has 6 rings (SSSR count). The van der Waals surface area contributed by atoms with Crippen LogP contribution in [0.5, 0.6) is 0 Å². The molecule has 1 aromatic carbocycles. The molecule has 1 spiro atoms. The number of hydrogen-bond donors (Lipinski definition) is 2. The first-order valence-corrected chi connectivity index (χ1v) is 15.8. The van der Waals surface area contributed by atoms with E-state index in [-0.39, 0.29) is 31.5 Å².